The van der Waals surface area contributed by atoms with E-state index in [1.165, 1.54) is 0 Å². The van der Waals surface area contributed by atoms with E-state index < -0.39 is 0 Å². The van der Waals surface area contributed by atoms with Crippen LogP contribution in [0.25, 0.3) is 4.85 Å². The van der Waals surface area contributed by atoms with E-state index in [2.05, 4.69) is 30.2 Å². The van der Waals surface area contributed by atoms with Gasteiger partial charge in [0.05, 0.1) is 6.57 Å². The Morgan fingerprint density at radius 3 is 2.68 bits per heavy atom. The van der Waals surface area contributed by atoms with Gasteiger partial charge in [-0.1, -0.05) is 44.2 Å². The highest BCUT2D eigenvalue weighted by Crippen LogP contribution is 2.53. The van der Waals surface area contributed by atoms with E-state index in [-0.39, 0.29) is 23.4 Å². The summed E-state index contributed by atoms with van der Waals surface area (Å²) < 4.78 is 0. The molecular formula is C19H22N2O. The first-order chi connectivity index (χ1) is 10.5. The third-order valence-corrected chi connectivity index (χ3v) is 5.30. The van der Waals surface area contributed by atoms with Crippen molar-refractivity contribution in [2.45, 2.75) is 38.8 Å². The van der Waals surface area contributed by atoms with Crippen LogP contribution in [-0.2, 0) is 4.79 Å². The lowest BCUT2D eigenvalue weighted by Gasteiger charge is -2.58. The van der Waals surface area contributed by atoms with Gasteiger partial charge in [0.1, 0.15) is 5.78 Å². The van der Waals surface area contributed by atoms with E-state index in [0.717, 1.165) is 18.5 Å². The summed E-state index contributed by atoms with van der Waals surface area (Å²) in [6.07, 6.45) is 3.53. The molecule has 1 aromatic rings. The molecule has 1 aliphatic carbocycles. The van der Waals surface area contributed by atoms with Crippen LogP contribution in [0.2, 0.25) is 0 Å². The molecule has 0 spiro atoms. The van der Waals surface area contributed by atoms with Gasteiger partial charge in [-0.3, -0.25) is 9.69 Å². The summed E-state index contributed by atoms with van der Waals surface area (Å²) in [6.45, 7) is 16.3. The third kappa shape index (κ3) is 2.28. The van der Waals surface area contributed by atoms with Crippen molar-refractivity contribution in [1.29, 1.82) is 0 Å². The molecule has 0 unspecified atom stereocenters. The Bertz CT molecular complexity index is 638. The standard InChI is InChI=1S/C19H22N2O/c1-5-10-21-17-11-16(22)15(12-19(17,2)3)18(21)13-6-8-14(20-4)9-7-13/h5-9,15,17-18H,1,10-12H2,2-3H3/t15-,17-,18-/m1/s1. The molecule has 114 valence electrons. The van der Waals surface area contributed by atoms with Gasteiger partial charge in [-0.15, -0.1) is 6.58 Å². The summed E-state index contributed by atoms with van der Waals surface area (Å²) in [5.41, 5.74) is 1.95. The maximum atomic E-state index is 12.5. The normalized spacial score (nSPS) is 30.0. The number of carbonyl (C=O) groups excluding carboxylic acids is 1. The molecule has 3 fully saturated rings. The first-order valence-corrected chi connectivity index (χ1v) is 7.84. The van der Waals surface area contributed by atoms with Crippen molar-refractivity contribution in [3.63, 3.8) is 0 Å². The van der Waals surface area contributed by atoms with Gasteiger partial charge in [0, 0.05) is 31.0 Å². The van der Waals surface area contributed by atoms with Crippen molar-refractivity contribution >= 4 is 11.5 Å². The lowest BCUT2D eigenvalue weighted by atomic mass is 9.60. The van der Waals surface area contributed by atoms with Gasteiger partial charge in [0.2, 0.25) is 0 Å². The summed E-state index contributed by atoms with van der Waals surface area (Å²) in [6, 6.07) is 8.12. The van der Waals surface area contributed by atoms with E-state index in [1.807, 2.05) is 30.3 Å². The van der Waals surface area contributed by atoms with Gasteiger partial charge in [-0.05, 0) is 17.4 Å². The van der Waals surface area contributed by atoms with Crippen LogP contribution in [-0.4, -0.2) is 23.3 Å². The quantitative estimate of drug-likeness (QED) is 0.618. The maximum absolute atomic E-state index is 12.5. The smallest absolute Gasteiger partial charge is 0.187 e. The largest absolute Gasteiger partial charge is 0.299 e. The Balaban J connectivity index is 2.02. The monoisotopic (exact) mass is 294 g/mol. The number of hydrogen-bond donors (Lipinski definition) is 0. The van der Waals surface area contributed by atoms with Crippen LogP contribution in [0.3, 0.4) is 0 Å². The zero-order valence-electron chi connectivity index (χ0n) is 13.2. The van der Waals surface area contributed by atoms with Crippen LogP contribution in [0.15, 0.2) is 36.9 Å². The van der Waals surface area contributed by atoms with E-state index in [1.54, 1.807) is 0 Å². The maximum Gasteiger partial charge on any atom is 0.187 e. The fraction of sp³-hybridized carbons (Fsp3) is 0.474. The molecule has 2 heterocycles. The highest BCUT2D eigenvalue weighted by Gasteiger charge is 2.54. The van der Waals surface area contributed by atoms with Crippen molar-refractivity contribution in [2.24, 2.45) is 11.3 Å². The average Bonchev–Trinajstić information content (AvgIpc) is 2.49. The van der Waals surface area contributed by atoms with Gasteiger partial charge in [-0.2, -0.15) is 0 Å². The fourth-order valence-corrected chi connectivity index (χ4v) is 4.27. The molecule has 0 radical (unpaired) electrons. The Kier molecular flexibility index (Phi) is 3.66. The minimum atomic E-state index is 0.0544. The number of rotatable bonds is 3. The summed E-state index contributed by atoms with van der Waals surface area (Å²) in [7, 11) is 0. The number of Topliss-reactive ketones (excluding diaryl/α,β-unsaturated/α-hetero) is 1. The molecule has 2 aliphatic heterocycles. The number of nitrogens with zero attached hydrogens (tertiary/aromatic N) is 2. The second kappa shape index (κ2) is 5.37. The van der Waals surface area contributed by atoms with Crippen molar-refractivity contribution in [1.82, 2.24) is 4.90 Å². The highest BCUT2D eigenvalue weighted by atomic mass is 16.1. The molecule has 3 aliphatic rings. The fourth-order valence-electron chi connectivity index (χ4n) is 4.27. The summed E-state index contributed by atoms with van der Waals surface area (Å²) in [4.78, 5) is 18.4. The molecule has 0 N–H and O–H groups in total. The van der Waals surface area contributed by atoms with Gasteiger partial charge in [0.15, 0.2) is 5.69 Å². The van der Waals surface area contributed by atoms with E-state index in [4.69, 9.17) is 6.57 Å². The Morgan fingerprint density at radius 1 is 1.41 bits per heavy atom. The summed E-state index contributed by atoms with van der Waals surface area (Å²) >= 11 is 0. The van der Waals surface area contributed by atoms with Gasteiger partial charge in [0.25, 0.3) is 0 Å². The lowest BCUT2D eigenvalue weighted by Crippen LogP contribution is -2.61. The highest BCUT2D eigenvalue weighted by molar-refractivity contribution is 5.85. The first kappa shape index (κ1) is 15.0. The molecule has 4 rings (SSSR count). The Hall–Kier alpha value is -1.92. The predicted octanol–water partition coefficient (Wildman–Crippen LogP) is 4.15. The average molecular weight is 294 g/mol. The zero-order chi connectivity index (χ0) is 15.9. The predicted molar refractivity (Wildman–Crippen MR) is 87.6 cm³/mol. The van der Waals surface area contributed by atoms with Crippen LogP contribution in [0.1, 0.15) is 38.3 Å². The molecule has 3 nitrogen and oxygen atoms in total. The molecule has 0 amide bonds. The number of piperidine rings is 2. The van der Waals surface area contributed by atoms with Crippen LogP contribution >= 0.6 is 0 Å². The first-order valence-electron chi connectivity index (χ1n) is 7.84. The van der Waals surface area contributed by atoms with Crippen molar-refractivity contribution in [2.75, 3.05) is 6.54 Å². The molecular weight excluding hydrogens is 272 g/mol. The molecule has 3 atom stereocenters. The number of carbonyl (C=O) groups is 1. The molecule has 0 aromatic heterocycles. The molecule has 3 heteroatoms. The van der Waals surface area contributed by atoms with Gasteiger partial charge < -0.3 is 0 Å². The second-order valence-electron chi connectivity index (χ2n) is 7.12. The van der Waals surface area contributed by atoms with Gasteiger partial charge in [-0.25, -0.2) is 4.85 Å². The molecule has 1 saturated carbocycles. The van der Waals surface area contributed by atoms with Crippen molar-refractivity contribution in [3.8, 4) is 0 Å². The second-order valence-corrected chi connectivity index (χ2v) is 7.12. The van der Waals surface area contributed by atoms with Crippen molar-refractivity contribution in [3.05, 3.63) is 53.9 Å². The third-order valence-electron chi connectivity index (χ3n) is 5.30. The Labute approximate surface area is 132 Å². The molecule has 22 heavy (non-hydrogen) atoms. The number of hydrogen-bond acceptors (Lipinski definition) is 2. The SMILES string of the molecule is [C-]#[N+]c1ccc([C@@H]2[C@@H]3CC(C)(C)[C@@H](CC3=O)N2CC=C)cc1. The minimum absolute atomic E-state index is 0.0544. The lowest BCUT2D eigenvalue weighted by molar-refractivity contribution is -0.149. The summed E-state index contributed by atoms with van der Waals surface area (Å²) in [5.74, 6) is 0.447. The number of ketones is 1. The zero-order valence-corrected chi connectivity index (χ0v) is 13.2. The van der Waals surface area contributed by atoms with Gasteiger partial charge >= 0.3 is 0 Å². The van der Waals surface area contributed by atoms with Crippen LogP contribution < -0.4 is 0 Å². The topological polar surface area (TPSA) is 24.7 Å². The Morgan fingerprint density at radius 2 is 2.09 bits per heavy atom. The van der Waals surface area contributed by atoms with Crippen molar-refractivity contribution < 1.29 is 4.79 Å². The molecule has 2 saturated heterocycles. The summed E-state index contributed by atoms with van der Waals surface area (Å²) in [5, 5.41) is 0. The van der Waals surface area contributed by atoms with E-state index >= 15 is 0 Å². The van der Waals surface area contributed by atoms with E-state index in [9.17, 15) is 4.79 Å². The molecule has 2 bridgehead atoms. The van der Waals surface area contributed by atoms with Crippen LogP contribution in [0, 0.1) is 17.9 Å². The number of fused-ring (bicyclic) bond motifs is 3. The number of benzene rings is 1. The van der Waals surface area contributed by atoms with E-state index in [0.29, 0.717) is 17.9 Å². The van der Waals surface area contributed by atoms with Crippen LogP contribution in [0.5, 0.6) is 0 Å². The van der Waals surface area contributed by atoms with Crippen LogP contribution in [0.4, 0.5) is 5.69 Å². The minimum Gasteiger partial charge on any atom is -0.299 e. The molecule has 1 aromatic carbocycles.